The molecule has 4 heterocycles. The first-order chi connectivity index (χ1) is 22.5. The summed E-state index contributed by atoms with van der Waals surface area (Å²) in [6.07, 6.45) is 11.0. The summed E-state index contributed by atoms with van der Waals surface area (Å²) in [5, 5.41) is 12.8. The summed E-state index contributed by atoms with van der Waals surface area (Å²) in [5.74, 6) is 1.67. The van der Waals surface area contributed by atoms with Gasteiger partial charge in [0.25, 0.3) is 0 Å². The Balaban J connectivity index is 1.24. The molecule has 0 bridgehead atoms. The molecule has 0 saturated carbocycles. The van der Waals surface area contributed by atoms with Crippen molar-refractivity contribution in [1.82, 2.24) is 34.4 Å². The topological polar surface area (TPSA) is 108 Å². The highest BCUT2D eigenvalue weighted by molar-refractivity contribution is 6.10. The predicted octanol–water partition coefficient (Wildman–Crippen LogP) is 5.06. The van der Waals surface area contributed by atoms with Gasteiger partial charge in [0.2, 0.25) is 5.95 Å². The summed E-state index contributed by atoms with van der Waals surface area (Å²) in [5.41, 5.74) is 8.67. The van der Waals surface area contributed by atoms with E-state index in [4.69, 9.17) is 24.5 Å². The number of allylic oxidation sites excluding steroid dienone is 2. The third-order valence-electron chi connectivity index (χ3n) is 8.74. The number of nitrogens with one attached hydrogen (secondary N) is 1. The SMILES string of the molecule is CCC(C)/C=C(\C=NCCN1CCOCC1)c1ccc(-c2c3c(nn2C)CCc2cnc(Nc4ccn(CCOC)n4)nc2-3)cc1. The van der Waals surface area contributed by atoms with Gasteiger partial charge in [-0.15, -0.1) is 0 Å². The fourth-order valence-corrected chi connectivity index (χ4v) is 5.95. The minimum absolute atomic E-state index is 0.461. The number of hydrogen-bond donors (Lipinski definition) is 1. The van der Waals surface area contributed by atoms with Crippen LogP contribution in [-0.4, -0.2) is 93.8 Å². The standard InChI is InChI=1S/C35H45N9O2/c1-5-25(2)22-29(23-36-13-15-43-16-20-46-21-17-43)26-6-8-27(9-7-26)34-32-30(40-42(34)3)11-10-28-24-37-35(39-33(28)32)38-31-12-14-44(41-31)18-19-45-4/h6-9,12,14,22-25H,5,10-11,13,15-21H2,1-4H3,(H,37,38,39,41)/b29-22+,36-23?. The summed E-state index contributed by atoms with van der Waals surface area (Å²) >= 11 is 0. The summed E-state index contributed by atoms with van der Waals surface area (Å²) < 4.78 is 14.5. The van der Waals surface area contributed by atoms with Crippen molar-refractivity contribution < 1.29 is 9.47 Å². The number of nitrogens with zero attached hydrogens (tertiary/aromatic N) is 8. The molecule has 242 valence electrons. The van der Waals surface area contributed by atoms with Gasteiger partial charge in [-0.1, -0.05) is 50.6 Å². The number of anilines is 2. The first-order valence-electron chi connectivity index (χ1n) is 16.4. The van der Waals surface area contributed by atoms with Gasteiger partial charge < -0.3 is 14.8 Å². The maximum Gasteiger partial charge on any atom is 0.228 e. The lowest BCUT2D eigenvalue weighted by Gasteiger charge is -2.25. The second-order valence-corrected chi connectivity index (χ2v) is 12.0. The number of morpholine rings is 1. The lowest BCUT2D eigenvalue weighted by atomic mass is 9.91. The van der Waals surface area contributed by atoms with E-state index in [-0.39, 0.29) is 0 Å². The highest BCUT2D eigenvalue weighted by Crippen LogP contribution is 2.40. The van der Waals surface area contributed by atoms with Crippen LogP contribution in [-0.2, 0) is 35.9 Å². The van der Waals surface area contributed by atoms with Gasteiger partial charge in [-0.3, -0.25) is 19.3 Å². The van der Waals surface area contributed by atoms with Gasteiger partial charge in [0.05, 0.1) is 50.0 Å². The molecule has 46 heavy (non-hydrogen) atoms. The van der Waals surface area contributed by atoms with Gasteiger partial charge >= 0.3 is 0 Å². The van der Waals surface area contributed by atoms with Gasteiger partial charge in [-0.05, 0) is 35.5 Å². The maximum atomic E-state index is 5.48. The largest absolute Gasteiger partial charge is 0.383 e. The third kappa shape index (κ3) is 7.43. The van der Waals surface area contributed by atoms with E-state index in [2.05, 4.69) is 70.7 Å². The van der Waals surface area contributed by atoms with Crippen LogP contribution in [0, 0.1) is 5.92 Å². The van der Waals surface area contributed by atoms with Crippen molar-refractivity contribution in [2.75, 3.05) is 58.4 Å². The van der Waals surface area contributed by atoms with Gasteiger partial charge in [0, 0.05) is 69.6 Å². The fraction of sp³-hybridized carbons (Fsp3) is 0.457. The minimum Gasteiger partial charge on any atom is -0.383 e. The third-order valence-corrected chi connectivity index (χ3v) is 8.74. The van der Waals surface area contributed by atoms with Crippen molar-refractivity contribution in [3.05, 3.63) is 65.6 Å². The Morgan fingerprint density at radius 1 is 1.11 bits per heavy atom. The van der Waals surface area contributed by atoms with Crippen molar-refractivity contribution in [3.8, 4) is 22.5 Å². The molecule has 0 spiro atoms. The Morgan fingerprint density at radius 2 is 1.93 bits per heavy atom. The predicted molar refractivity (Wildman–Crippen MR) is 183 cm³/mol. The smallest absolute Gasteiger partial charge is 0.228 e. The molecular weight excluding hydrogens is 578 g/mol. The molecule has 0 amide bonds. The van der Waals surface area contributed by atoms with Crippen LogP contribution < -0.4 is 5.32 Å². The van der Waals surface area contributed by atoms with Gasteiger partial charge in [0.15, 0.2) is 5.82 Å². The molecular formula is C35H45N9O2. The molecule has 3 aromatic heterocycles. The van der Waals surface area contributed by atoms with Crippen LogP contribution in [0.4, 0.5) is 11.8 Å². The lowest BCUT2D eigenvalue weighted by Crippen LogP contribution is -2.37. The molecule has 2 aliphatic rings. The van der Waals surface area contributed by atoms with E-state index in [1.807, 2.05) is 34.9 Å². The van der Waals surface area contributed by atoms with E-state index in [0.717, 1.165) is 104 Å². The van der Waals surface area contributed by atoms with Crippen molar-refractivity contribution in [2.24, 2.45) is 18.0 Å². The van der Waals surface area contributed by atoms with Crippen LogP contribution in [0.25, 0.3) is 28.1 Å². The molecule has 1 saturated heterocycles. The average Bonchev–Trinajstić information content (AvgIpc) is 3.68. The van der Waals surface area contributed by atoms with Crippen LogP contribution >= 0.6 is 0 Å². The Labute approximate surface area is 271 Å². The maximum absolute atomic E-state index is 5.48. The molecule has 1 aliphatic carbocycles. The minimum atomic E-state index is 0.461. The summed E-state index contributed by atoms with van der Waals surface area (Å²) in [4.78, 5) is 16.9. The molecule has 1 N–H and O–H groups in total. The van der Waals surface area contributed by atoms with E-state index in [9.17, 15) is 0 Å². The highest BCUT2D eigenvalue weighted by atomic mass is 16.5. The Morgan fingerprint density at radius 3 is 2.72 bits per heavy atom. The second kappa shape index (κ2) is 14.9. The molecule has 0 radical (unpaired) electrons. The second-order valence-electron chi connectivity index (χ2n) is 12.0. The highest BCUT2D eigenvalue weighted by Gasteiger charge is 2.27. The summed E-state index contributed by atoms with van der Waals surface area (Å²) in [7, 11) is 3.70. The van der Waals surface area contributed by atoms with E-state index in [0.29, 0.717) is 30.8 Å². The van der Waals surface area contributed by atoms with Crippen molar-refractivity contribution in [1.29, 1.82) is 0 Å². The lowest BCUT2D eigenvalue weighted by molar-refractivity contribution is 0.0395. The zero-order chi connectivity index (χ0) is 31.9. The van der Waals surface area contributed by atoms with E-state index in [1.54, 1.807) is 7.11 Å². The van der Waals surface area contributed by atoms with E-state index in [1.165, 1.54) is 0 Å². The van der Waals surface area contributed by atoms with Gasteiger partial charge in [-0.25, -0.2) is 9.97 Å². The van der Waals surface area contributed by atoms with Crippen molar-refractivity contribution in [3.63, 3.8) is 0 Å². The number of methoxy groups -OCH3 is 1. The van der Waals surface area contributed by atoms with Crippen LogP contribution in [0.2, 0.25) is 0 Å². The molecule has 1 aromatic carbocycles. The van der Waals surface area contributed by atoms with E-state index < -0.39 is 0 Å². The van der Waals surface area contributed by atoms with Gasteiger partial charge in [0.1, 0.15) is 0 Å². The van der Waals surface area contributed by atoms with Crippen LogP contribution in [0.5, 0.6) is 0 Å². The fourth-order valence-electron chi connectivity index (χ4n) is 5.95. The number of aromatic nitrogens is 6. The first kappa shape index (κ1) is 31.8. The molecule has 1 fully saturated rings. The number of aliphatic imine (C=N–C) groups is 1. The van der Waals surface area contributed by atoms with Gasteiger partial charge in [-0.2, -0.15) is 10.2 Å². The normalized spacial score (nSPS) is 16.0. The Bertz CT molecular complexity index is 1670. The molecule has 1 atom stereocenters. The number of aryl methyl sites for hydroxylation is 3. The first-order valence-corrected chi connectivity index (χ1v) is 16.4. The quantitative estimate of drug-likeness (QED) is 0.206. The van der Waals surface area contributed by atoms with Crippen molar-refractivity contribution >= 4 is 23.6 Å². The zero-order valence-corrected chi connectivity index (χ0v) is 27.4. The number of ether oxygens (including phenoxy) is 2. The number of fused-ring (bicyclic) bond motifs is 3. The Hall–Kier alpha value is -4.19. The van der Waals surface area contributed by atoms with Crippen molar-refractivity contribution in [2.45, 2.75) is 39.7 Å². The van der Waals surface area contributed by atoms with Crippen LogP contribution in [0.1, 0.15) is 37.1 Å². The van der Waals surface area contributed by atoms with Crippen LogP contribution in [0.3, 0.4) is 0 Å². The summed E-state index contributed by atoms with van der Waals surface area (Å²) in [6.45, 7) is 11.1. The molecule has 1 unspecified atom stereocenters. The van der Waals surface area contributed by atoms with E-state index >= 15 is 0 Å². The van der Waals surface area contributed by atoms with Crippen LogP contribution in [0.15, 0.2) is 53.8 Å². The Kier molecular flexibility index (Phi) is 10.3. The zero-order valence-electron chi connectivity index (χ0n) is 27.4. The molecule has 4 aromatic rings. The average molecular weight is 624 g/mol. The molecule has 11 nitrogen and oxygen atoms in total. The molecule has 6 rings (SSSR count). The number of rotatable bonds is 13. The number of benzene rings is 1. The number of hydrogen-bond acceptors (Lipinski definition) is 9. The molecule has 1 aliphatic heterocycles. The molecule has 11 heteroatoms. The monoisotopic (exact) mass is 623 g/mol. The summed E-state index contributed by atoms with van der Waals surface area (Å²) in [6, 6.07) is 10.7.